The molecule has 0 spiro atoms. The van der Waals surface area contributed by atoms with E-state index in [9.17, 15) is 0 Å². The van der Waals surface area contributed by atoms with Crippen LogP contribution in [0.5, 0.6) is 0 Å². The van der Waals surface area contributed by atoms with Gasteiger partial charge in [-0.1, -0.05) is 25.5 Å². The molecule has 0 saturated carbocycles. The highest BCUT2D eigenvalue weighted by molar-refractivity contribution is 5.50. The Morgan fingerprint density at radius 1 is 1.27 bits per heavy atom. The van der Waals surface area contributed by atoms with Crippen molar-refractivity contribution >= 4 is 0 Å². The Hall–Kier alpha value is -0.780. The molecule has 0 unspecified atom stereocenters. The molecule has 0 N–H and O–H groups in total. The first-order valence-corrected chi connectivity index (χ1v) is 4.42. The topological polar surface area (TPSA) is 0 Å². The van der Waals surface area contributed by atoms with Gasteiger partial charge in [-0.15, -0.1) is 0 Å². The van der Waals surface area contributed by atoms with E-state index in [0.717, 1.165) is 0 Å². The lowest BCUT2D eigenvalue weighted by Crippen LogP contribution is -1.86. The first-order chi connectivity index (χ1) is 5.31. The number of rotatable bonds is 2. The summed E-state index contributed by atoms with van der Waals surface area (Å²) in [5.41, 5.74) is 6.20. The fourth-order valence-electron chi connectivity index (χ4n) is 1.67. The highest BCUT2D eigenvalue weighted by Gasteiger charge is 2.17. The van der Waals surface area contributed by atoms with E-state index in [0.29, 0.717) is 0 Å². The van der Waals surface area contributed by atoms with Crippen molar-refractivity contribution < 1.29 is 0 Å². The molecule has 0 aromatic heterocycles. The molecule has 0 bridgehead atoms. The second kappa shape index (κ2) is 2.37. The van der Waals surface area contributed by atoms with Gasteiger partial charge in [0.05, 0.1) is 0 Å². The Balaban J connectivity index is 2.33. The average Bonchev–Trinajstić information content (AvgIpc) is 2.67. The van der Waals surface area contributed by atoms with Crippen LogP contribution in [0.1, 0.15) is 35.6 Å². The van der Waals surface area contributed by atoms with Crippen LogP contribution in [0, 0.1) is 6.92 Å². The average molecular weight is 146 g/mol. The van der Waals surface area contributed by atoms with Gasteiger partial charge in [-0.3, -0.25) is 0 Å². The smallest absolute Gasteiger partial charge is 0.00199 e. The minimum atomic E-state index is 1.25. The Morgan fingerprint density at radius 3 is 2.73 bits per heavy atom. The summed E-state index contributed by atoms with van der Waals surface area (Å²) in [6.45, 7) is 4.47. The van der Waals surface area contributed by atoms with Gasteiger partial charge < -0.3 is 0 Å². The minimum absolute atomic E-state index is 1.25. The zero-order valence-electron chi connectivity index (χ0n) is 7.28. The summed E-state index contributed by atoms with van der Waals surface area (Å²) < 4.78 is 0. The van der Waals surface area contributed by atoms with E-state index in [4.69, 9.17) is 0 Å². The summed E-state index contributed by atoms with van der Waals surface area (Å²) in [7, 11) is 0. The van der Waals surface area contributed by atoms with Gasteiger partial charge in [0.2, 0.25) is 0 Å². The van der Waals surface area contributed by atoms with Gasteiger partial charge >= 0.3 is 0 Å². The van der Waals surface area contributed by atoms with Crippen molar-refractivity contribution in [1.29, 1.82) is 0 Å². The molecule has 1 aliphatic rings. The largest absolute Gasteiger partial charge is 0.0651 e. The molecule has 1 aromatic rings. The summed E-state index contributed by atoms with van der Waals surface area (Å²) in [5, 5.41) is 0. The number of hydrogen-bond acceptors (Lipinski definition) is 0. The van der Waals surface area contributed by atoms with Gasteiger partial charge in [-0.25, -0.2) is 0 Å². The normalized spacial score (nSPS) is 12.9. The van der Waals surface area contributed by atoms with Crippen LogP contribution in [0.25, 0.3) is 0 Å². The number of benzene rings is 1. The van der Waals surface area contributed by atoms with Crippen LogP contribution in [0.3, 0.4) is 0 Å². The molecule has 0 radical (unpaired) electrons. The van der Waals surface area contributed by atoms with E-state index >= 15 is 0 Å². The van der Waals surface area contributed by atoms with Crippen molar-refractivity contribution in [3.05, 3.63) is 34.4 Å². The monoisotopic (exact) mass is 146 g/mol. The molecule has 1 aromatic carbocycles. The molecular weight excluding hydrogens is 132 g/mol. The quantitative estimate of drug-likeness (QED) is 0.611. The lowest BCUT2D eigenvalue weighted by atomic mass is 10.1. The molecule has 0 heteroatoms. The second-order valence-electron chi connectivity index (χ2n) is 3.47. The van der Waals surface area contributed by atoms with Crippen LogP contribution in [-0.2, 0) is 12.8 Å². The fourth-order valence-corrected chi connectivity index (χ4v) is 1.67. The Labute approximate surface area is 68.3 Å². The SMILES string of the molecule is CCCc1cc2c(cc1C)C2. The van der Waals surface area contributed by atoms with Gasteiger partial charge in [0.1, 0.15) is 0 Å². The second-order valence-corrected chi connectivity index (χ2v) is 3.47. The molecule has 0 aliphatic heterocycles. The van der Waals surface area contributed by atoms with Crippen LogP contribution < -0.4 is 0 Å². The first kappa shape index (κ1) is 6.90. The predicted molar refractivity (Wildman–Crippen MR) is 48.0 cm³/mol. The summed E-state index contributed by atoms with van der Waals surface area (Å²) >= 11 is 0. The van der Waals surface area contributed by atoms with Crippen LogP contribution in [0.4, 0.5) is 0 Å². The van der Waals surface area contributed by atoms with E-state index in [1.807, 2.05) is 0 Å². The standard InChI is InChI=1S/C11H14/c1-3-4-9-6-11-7-10(11)5-8(9)2/h5-6H,3-4,7H2,1-2H3. The Morgan fingerprint density at radius 2 is 2.00 bits per heavy atom. The van der Waals surface area contributed by atoms with E-state index < -0.39 is 0 Å². The lowest BCUT2D eigenvalue weighted by Gasteiger charge is -2.00. The Bertz CT molecular complexity index is 284. The maximum Gasteiger partial charge on any atom is -0.00199 e. The van der Waals surface area contributed by atoms with Gasteiger partial charge in [0.15, 0.2) is 0 Å². The van der Waals surface area contributed by atoms with Gasteiger partial charge in [0, 0.05) is 0 Å². The summed E-state index contributed by atoms with van der Waals surface area (Å²) in [4.78, 5) is 0. The minimum Gasteiger partial charge on any atom is -0.0651 e. The van der Waals surface area contributed by atoms with Crippen molar-refractivity contribution in [2.75, 3.05) is 0 Å². The third-order valence-corrected chi connectivity index (χ3v) is 2.43. The van der Waals surface area contributed by atoms with Crippen molar-refractivity contribution in [2.24, 2.45) is 0 Å². The lowest BCUT2D eigenvalue weighted by molar-refractivity contribution is 0.913. The van der Waals surface area contributed by atoms with Crippen LogP contribution in [0.15, 0.2) is 12.1 Å². The van der Waals surface area contributed by atoms with Gasteiger partial charge in [0.25, 0.3) is 0 Å². The first-order valence-electron chi connectivity index (χ1n) is 4.42. The molecule has 0 nitrogen and oxygen atoms in total. The van der Waals surface area contributed by atoms with Crippen molar-refractivity contribution in [2.45, 2.75) is 33.1 Å². The van der Waals surface area contributed by atoms with E-state index in [1.165, 1.54) is 24.8 Å². The van der Waals surface area contributed by atoms with Crippen molar-refractivity contribution in [3.8, 4) is 0 Å². The fraction of sp³-hybridized carbons (Fsp3) is 0.455. The van der Waals surface area contributed by atoms with Crippen molar-refractivity contribution in [3.63, 3.8) is 0 Å². The molecule has 0 atom stereocenters. The molecule has 0 heterocycles. The molecular formula is C11H14. The van der Waals surface area contributed by atoms with Crippen LogP contribution in [0.2, 0.25) is 0 Å². The predicted octanol–water partition coefficient (Wildman–Crippen LogP) is 2.85. The molecule has 58 valence electrons. The van der Waals surface area contributed by atoms with Crippen LogP contribution in [-0.4, -0.2) is 0 Å². The third kappa shape index (κ3) is 1.18. The molecule has 2 rings (SSSR count). The van der Waals surface area contributed by atoms with Crippen LogP contribution >= 0.6 is 0 Å². The van der Waals surface area contributed by atoms with E-state index in [1.54, 1.807) is 16.7 Å². The van der Waals surface area contributed by atoms with Crippen molar-refractivity contribution in [1.82, 2.24) is 0 Å². The van der Waals surface area contributed by atoms with E-state index in [2.05, 4.69) is 26.0 Å². The molecule has 1 aliphatic carbocycles. The molecule has 0 fully saturated rings. The summed E-state index contributed by atoms with van der Waals surface area (Å²) in [6, 6.07) is 4.73. The third-order valence-electron chi connectivity index (χ3n) is 2.43. The van der Waals surface area contributed by atoms with E-state index in [-0.39, 0.29) is 0 Å². The highest BCUT2D eigenvalue weighted by atomic mass is 14.2. The summed E-state index contributed by atoms with van der Waals surface area (Å²) in [6.07, 6.45) is 3.77. The van der Waals surface area contributed by atoms with Gasteiger partial charge in [-0.2, -0.15) is 0 Å². The highest BCUT2D eigenvalue weighted by Crippen LogP contribution is 2.30. The number of aryl methyl sites for hydroxylation is 2. The maximum absolute atomic E-state index is 2.38. The number of hydrogen-bond donors (Lipinski definition) is 0. The maximum atomic E-state index is 2.38. The molecule has 11 heavy (non-hydrogen) atoms. The zero-order chi connectivity index (χ0) is 7.84. The zero-order valence-corrected chi connectivity index (χ0v) is 7.28. The Kier molecular flexibility index (Phi) is 1.49. The summed E-state index contributed by atoms with van der Waals surface area (Å²) in [5.74, 6) is 0. The number of fused-ring (bicyclic) bond motifs is 1. The molecule has 0 saturated heterocycles. The van der Waals surface area contributed by atoms with Gasteiger partial charge in [-0.05, 0) is 42.0 Å². The molecule has 0 amide bonds.